The van der Waals surface area contributed by atoms with Crippen molar-refractivity contribution in [1.82, 2.24) is 5.32 Å². The lowest BCUT2D eigenvalue weighted by Crippen LogP contribution is -2.47. The van der Waals surface area contributed by atoms with Gasteiger partial charge >= 0.3 is 8.80 Å². The van der Waals surface area contributed by atoms with E-state index in [2.05, 4.69) is 24.4 Å². The number of hydrogen-bond donors (Lipinski definition) is 1. The molecule has 4 nitrogen and oxygen atoms in total. The molecule has 0 aliphatic heterocycles. The van der Waals surface area contributed by atoms with Crippen LogP contribution in [0.25, 0.3) is 0 Å². The molecule has 0 bridgehead atoms. The van der Waals surface area contributed by atoms with Gasteiger partial charge in [0, 0.05) is 40.0 Å². The molecule has 0 spiro atoms. The lowest BCUT2D eigenvalue weighted by atomic mass is 10.2. The van der Waals surface area contributed by atoms with Gasteiger partial charge in [-0.05, 0) is 12.5 Å². The standard InChI is InChI=1S/C13H23NO3Si/c1-12(11-18(15-2,16-3)17-4)14-10-13-8-6-5-7-9-13/h5-9,12,14H,10-11H2,1-4H3. The molecule has 0 saturated heterocycles. The van der Waals surface area contributed by atoms with Crippen molar-refractivity contribution in [2.24, 2.45) is 0 Å². The number of benzene rings is 1. The summed E-state index contributed by atoms with van der Waals surface area (Å²) in [7, 11) is 2.44. The minimum Gasteiger partial charge on any atom is -0.377 e. The Morgan fingerprint density at radius 3 is 2.11 bits per heavy atom. The van der Waals surface area contributed by atoms with Gasteiger partial charge < -0.3 is 18.6 Å². The van der Waals surface area contributed by atoms with Crippen LogP contribution < -0.4 is 5.32 Å². The van der Waals surface area contributed by atoms with Gasteiger partial charge in [0.2, 0.25) is 0 Å². The lowest BCUT2D eigenvalue weighted by Gasteiger charge is -2.27. The maximum absolute atomic E-state index is 5.41. The molecule has 1 aromatic carbocycles. The number of nitrogens with one attached hydrogen (secondary N) is 1. The normalized spacial score (nSPS) is 13.6. The van der Waals surface area contributed by atoms with Gasteiger partial charge in [-0.1, -0.05) is 30.3 Å². The molecule has 1 aromatic rings. The Labute approximate surface area is 111 Å². The van der Waals surface area contributed by atoms with Crippen molar-refractivity contribution in [2.45, 2.75) is 25.6 Å². The van der Waals surface area contributed by atoms with Crippen molar-refractivity contribution in [2.75, 3.05) is 21.3 Å². The molecule has 0 amide bonds. The predicted molar refractivity (Wildman–Crippen MR) is 74.3 cm³/mol. The molecule has 1 N–H and O–H groups in total. The van der Waals surface area contributed by atoms with Crippen molar-refractivity contribution in [3.8, 4) is 0 Å². The lowest BCUT2D eigenvalue weighted by molar-refractivity contribution is 0.120. The molecular weight excluding hydrogens is 246 g/mol. The minimum absolute atomic E-state index is 0.275. The SMILES string of the molecule is CO[Si](CC(C)NCc1ccccc1)(OC)OC. The van der Waals surface area contributed by atoms with Crippen LogP contribution in [0.5, 0.6) is 0 Å². The average Bonchev–Trinajstić information content (AvgIpc) is 2.44. The van der Waals surface area contributed by atoms with Gasteiger partial charge in [-0.25, -0.2) is 0 Å². The first-order chi connectivity index (χ1) is 8.65. The Balaban J connectivity index is 2.43. The number of hydrogen-bond acceptors (Lipinski definition) is 4. The van der Waals surface area contributed by atoms with E-state index in [1.165, 1.54) is 5.56 Å². The highest BCUT2D eigenvalue weighted by Gasteiger charge is 2.39. The van der Waals surface area contributed by atoms with Gasteiger partial charge in [-0.3, -0.25) is 0 Å². The van der Waals surface area contributed by atoms with E-state index in [1.807, 2.05) is 18.2 Å². The zero-order valence-electron chi connectivity index (χ0n) is 11.6. The molecule has 0 aliphatic rings. The van der Waals surface area contributed by atoms with E-state index in [-0.39, 0.29) is 6.04 Å². The summed E-state index contributed by atoms with van der Waals surface area (Å²) in [6, 6.07) is 11.3. The second-order valence-electron chi connectivity index (χ2n) is 4.27. The van der Waals surface area contributed by atoms with Gasteiger partial charge in [0.15, 0.2) is 0 Å². The molecule has 0 heterocycles. The van der Waals surface area contributed by atoms with Crippen LogP contribution in [0.4, 0.5) is 0 Å². The summed E-state index contributed by atoms with van der Waals surface area (Å²) in [6.07, 6.45) is 0. The highest BCUT2D eigenvalue weighted by molar-refractivity contribution is 6.60. The minimum atomic E-state index is -2.48. The zero-order chi connectivity index (χ0) is 13.4. The van der Waals surface area contributed by atoms with E-state index in [1.54, 1.807) is 21.3 Å². The highest BCUT2D eigenvalue weighted by Crippen LogP contribution is 2.15. The van der Waals surface area contributed by atoms with Crippen LogP contribution in [0, 0.1) is 0 Å². The Kier molecular flexibility index (Phi) is 6.52. The van der Waals surface area contributed by atoms with Crippen LogP contribution in [0.15, 0.2) is 30.3 Å². The van der Waals surface area contributed by atoms with Crippen molar-refractivity contribution < 1.29 is 13.3 Å². The summed E-state index contributed by atoms with van der Waals surface area (Å²) in [5.41, 5.74) is 1.27. The van der Waals surface area contributed by atoms with Gasteiger partial charge in [-0.15, -0.1) is 0 Å². The quantitative estimate of drug-likeness (QED) is 0.733. The van der Waals surface area contributed by atoms with E-state index in [0.717, 1.165) is 12.6 Å². The molecule has 0 radical (unpaired) electrons. The molecule has 1 unspecified atom stereocenters. The summed E-state index contributed by atoms with van der Waals surface area (Å²) in [6.45, 7) is 2.95. The fraction of sp³-hybridized carbons (Fsp3) is 0.538. The monoisotopic (exact) mass is 269 g/mol. The Morgan fingerprint density at radius 2 is 1.61 bits per heavy atom. The van der Waals surface area contributed by atoms with Gasteiger partial charge in [-0.2, -0.15) is 0 Å². The fourth-order valence-corrected chi connectivity index (χ4v) is 3.73. The second-order valence-corrected chi connectivity index (χ2v) is 7.27. The summed E-state index contributed by atoms with van der Waals surface area (Å²) < 4.78 is 16.2. The van der Waals surface area contributed by atoms with Crippen molar-refractivity contribution in [3.05, 3.63) is 35.9 Å². The molecule has 1 atom stereocenters. The first-order valence-corrected chi connectivity index (χ1v) is 8.01. The topological polar surface area (TPSA) is 39.7 Å². The van der Waals surface area contributed by atoms with Crippen LogP contribution >= 0.6 is 0 Å². The van der Waals surface area contributed by atoms with E-state index >= 15 is 0 Å². The van der Waals surface area contributed by atoms with Crippen LogP contribution in [0.3, 0.4) is 0 Å². The molecule has 0 saturated carbocycles. The summed E-state index contributed by atoms with van der Waals surface area (Å²) in [4.78, 5) is 0. The number of rotatable bonds is 8. The second kappa shape index (κ2) is 7.65. The first-order valence-electron chi connectivity index (χ1n) is 6.08. The molecule has 0 aromatic heterocycles. The third kappa shape index (κ3) is 4.51. The molecule has 1 rings (SSSR count). The average molecular weight is 269 g/mol. The van der Waals surface area contributed by atoms with Crippen molar-refractivity contribution in [1.29, 1.82) is 0 Å². The third-order valence-electron chi connectivity index (χ3n) is 2.99. The first kappa shape index (κ1) is 15.3. The molecule has 0 aliphatic carbocycles. The zero-order valence-corrected chi connectivity index (χ0v) is 12.6. The third-order valence-corrected chi connectivity index (χ3v) is 5.97. The molecular formula is C13H23NO3Si. The van der Waals surface area contributed by atoms with E-state index < -0.39 is 8.80 Å². The maximum atomic E-state index is 5.41. The molecule has 5 heteroatoms. The van der Waals surface area contributed by atoms with E-state index in [0.29, 0.717) is 0 Å². The Hall–Kier alpha value is -0.723. The summed E-state index contributed by atoms with van der Waals surface area (Å²) in [5, 5.41) is 3.45. The van der Waals surface area contributed by atoms with Crippen LogP contribution in [-0.4, -0.2) is 36.2 Å². The fourth-order valence-electron chi connectivity index (χ4n) is 1.84. The van der Waals surface area contributed by atoms with Gasteiger partial charge in [0.1, 0.15) is 0 Å². The van der Waals surface area contributed by atoms with Crippen molar-refractivity contribution in [3.63, 3.8) is 0 Å². The molecule has 18 heavy (non-hydrogen) atoms. The largest absolute Gasteiger partial charge is 0.501 e. The summed E-state index contributed by atoms with van der Waals surface area (Å²) >= 11 is 0. The molecule has 102 valence electrons. The molecule has 0 fully saturated rings. The smallest absolute Gasteiger partial charge is 0.377 e. The Bertz CT molecular complexity index is 322. The summed E-state index contributed by atoms with van der Waals surface area (Å²) in [5.74, 6) is 0. The highest BCUT2D eigenvalue weighted by atomic mass is 28.4. The predicted octanol–water partition coefficient (Wildman–Crippen LogP) is 2.04. The van der Waals surface area contributed by atoms with E-state index in [9.17, 15) is 0 Å². The van der Waals surface area contributed by atoms with E-state index in [4.69, 9.17) is 13.3 Å². The van der Waals surface area contributed by atoms with Crippen molar-refractivity contribution >= 4 is 8.80 Å². The maximum Gasteiger partial charge on any atom is 0.501 e. The van der Waals surface area contributed by atoms with Gasteiger partial charge in [0.25, 0.3) is 0 Å². The van der Waals surface area contributed by atoms with Crippen LogP contribution in [-0.2, 0) is 19.8 Å². The Morgan fingerprint density at radius 1 is 1.06 bits per heavy atom. The van der Waals surface area contributed by atoms with Gasteiger partial charge in [0.05, 0.1) is 0 Å². The van der Waals surface area contributed by atoms with Crippen LogP contribution in [0.2, 0.25) is 6.04 Å². The van der Waals surface area contributed by atoms with Crippen LogP contribution in [0.1, 0.15) is 12.5 Å².